The molecule has 0 saturated carbocycles. The van der Waals surface area contributed by atoms with Crippen LogP contribution in [0.25, 0.3) is 0 Å². The van der Waals surface area contributed by atoms with Crippen LogP contribution in [0.4, 0.5) is 5.69 Å². The largest absolute Gasteiger partial charge is 0.384 e. The van der Waals surface area contributed by atoms with Crippen LogP contribution >= 0.6 is 0 Å². The number of nitrogens with one attached hydrogen (secondary N) is 1. The predicted octanol–water partition coefficient (Wildman–Crippen LogP) is 2.18. The molecule has 3 nitrogen and oxygen atoms in total. The quantitative estimate of drug-likeness (QED) is 0.874. The molecule has 104 valence electrons. The van der Waals surface area contributed by atoms with Crippen LogP contribution in [-0.2, 0) is 13.0 Å². The summed E-state index contributed by atoms with van der Waals surface area (Å²) < 4.78 is 0. The molecular formula is C16H25N3. The van der Waals surface area contributed by atoms with Crippen molar-refractivity contribution in [1.29, 1.82) is 0 Å². The second-order valence-electron chi connectivity index (χ2n) is 5.95. The molecule has 1 N–H and O–H groups in total. The normalized spacial score (nSPS) is 18.8. The van der Waals surface area contributed by atoms with E-state index in [0.29, 0.717) is 0 Å². The van der Waals surface area contributed by atoms with E-state index in [1.165, 1.54) is 62.3 Å². The average Bonchev–Trinajstić information content (AvgIpc) is 3.07. The maximum absolute atomic E-state index is 3.46. The van der Waals surface area contributed by atoms with Gasteiger partial charge in [-0.25, -0.2) is 0 Å². The molecule has 0 bridgehead atoms. The molecule has 2 aliphatic rings. The Morgan fingerprint density at radius 1 is 1.26 bits per heavy atom. The smallest absolute Gasteiger partial charge is 0.0376 e. The molecule has 0 radical (unpaired) electrons. The minimum absolute atomic E-state index is 1.06. The highest BCUT2D eigenvalue weighted by Gasteiger charge is 2.13. The highest BCUT2D eigenvalue weighted by molar-refractivity contribution is 5.56. The van der Waals surface area contributed by atoms with Gasteiger partial charge in [0, 0.05) is 31.9 Å². The van der Waals surface area contributed by atoms with E-state index < -0.39 is 0 Å². The van der Waals surface area contributed by atoms with E-state index in [1.54, 1.807) is 0 Å². The van der Waals surface area contributed by atoms with Crippen molar-refractivity contribution in [2.24, 2.45) is 0 Å². The third-order valence-electron chi connectivity index (χ3n) is 4.33. The van der Waals surface area contributed by atoms with E-state index in [1.807, 2.05) is 0 Å². The first-order valence-corrected chi connectivity index (χ1v) is 7.58. The van der Waals surface area contributed by atoms with Crippen LogP contribution in [0.5, 0.6) is 0 Å². The van der Waals surface area contributed by atoms with Gasteiger partial charge in [0.1, 0.15) is 0 Å². The molecule has 2 aliphatic heterocycles. The van der Waals surface area contributed by atoms with Crippen molar-refractivity contribution < 1.29 is 0 Å². The van der Waals surface area contributed by atoms with Crippen LogP contribution in [0.3, 0.4) is 0 Å². The van der Waals surface area contributed by atoms with Crippen LogP contribution in [-0.4, -0.2) is 49.6 Å². The number of rotatable bonds is 5. The Balaban J connectivity index is 1.49. The van der Waals surface area contributed by atoms with Crippen molar-refractivity contribution in [2.75, 3.05) is 45.1 Å². The number of hydrogen-bond acceptors (Lipinski definition) is 3. The highest BCUT2D eigenvalue weighted by Crippen LogP contribution is 2.23. The van der Waals surface area contributed by atoms with Crippen molar-refractivity contribution in [3.8, 4) is 0 Å². The molecule has 3 heteroatoms. The molecule has 0 spiro atoms. The van der Waals surface area contributed by atoms with Crippen LogP contribution in [0.15, 0.2) is 18.2 Å². The zero-order valence-corrected chi connectivity index (χ0v) is 12.0. The molecule has 0 aliphatic carbocycles. The Bertz CT molecular complexity index is 424. The minimum atomic E-state index is 1.06. The van der Waals surface area contributed by atoms with Crippen molar-refractivity contribution in [3.05, 3.63) is 29.3 Å². The first-order valence-electron chi connectivity index (χ1n) is 7.58. The van der Waals surface area contributed by atoms with Crippen molar-refractivity contribution >= 4 is 5.69 Å². The van der Waals surface area contributed by atoms with E-state index in [4.69, 9.17) is 0 Å². The van der Waals surface area contributed by atoms with Gasteiger partial charge in [0.15, 0.2) is 0 Å². The number of likely N-dealkylation sites (N-methyl/N-ethyl adjacent to an activating group) is 1. The summed E-state index contributed by atoms with van der Waals surface area (Å²) in [4.78, 5) is 5.02. The van der Waals surface area contributed by atoms with Gasteiger partial charge in [0.2, 0.25) is 0 Å². The first-order chi connectivity index (χ1) is 9.31. The summed E-state index contributed by atoms with van der Waals surface area (Å²) in [7, 11) is 2.23. The van der Waals surface area contributed by atoms with Gasteiger partial charge < -0.3 is 15.1 Å². The second kappa shape index (κ2) is 5.93. The van der Waals surface area contributed by atoms with Gasteiger partial charge >= 0.3 is 0 Å². The molecule has 1 aromatic carbocycles. The fourth-order valence-corrected chi connectivity index (χ4v) is 3.15. The molecule has 0 amide bonds. The van der Waals surface area contributed by atoms with Crippen LogP contribution < -0.4 is 5.32 Å². The molecule has 19 heavy (non-hydrogen) atoms. The molecule has 1 fully saturated rings. The molecule has 0 atom stereocenters. The van der Waals surface area contributed by atoms with E-state index >= 15 is 0 Å². The fraction of sp³-hybridized carbons (Fsp3) is 0.625. The fourth-order valence-electron chi connectivity index (χ4n) is 3.15. The summed E-state index contributed by atoms with van der Waals surface area (Å²) in [5.41, 5.74) is 4.26. The van der Waals surface area contributed by atoms with E-state index in [-0.39, 0.29) is 0 Å². The lowest BCUT2D eigenvalue weighted by Gasteiger charge is -2.21. The van der Waals surface area contributed by atoms with Gasteiger partial charge in [0.05, 0.1) is 0 Å². The zero-order valence-electron chi connectivity index (χ0n) is 12.0. The molecule has 1 saturated heterocycles. The Kier molecular flexibility index (Phi) is 4.04. The molecular weight excluding hydrogens is 234 g/mol. The summed E-state index contributed by atoms with van der Waals surface area (Å²) in [6.45, 7) is 7.16. The lowest BCUT2D eigenvalue weighted by Crippen LogP contribution is -2.31. The Labute approximate surface area is 116 Å². The highest BCUT2D eigenvalue weighted by atomic mass is 15.2. The Hall–Kier alpha value is -1.06. The van der Waals surface area contributed by atoms with Gasteiger partial charge in [0.25, 0.3) is 0 Å². The van der Waals surface area contributed by atoms with Gasteiger partial charge in [-0.15, -0.1) is 0 Å². The number of fused-ring (bicyclic) bond motifs is 1. The third-order valence-corrected chi connectivity index (χ3v) is 4.33. The number of likely N-dealkylation sites (tertiary alicyclic amines) is 1. The Morgan fingerprint density at radius 3 is 2.95 bits per heavy atom. The number of nitrogens with zero attached hydrogens (tertiary/aromatic N) is 2. The van der Waals surface area contributed by atoms with Crippen LogP contribution in [0.2, 0.25) is 0 Å². The molecule has 3 rings (SSSR count). The Morgan fingerprint density at radius 2 is 2.11 bits per heavy atom. The topological polar surface area (TPSA) is 18.5 Å². The summed E-state index contributed by atoms with van der Waals surface area (Å²) in [5, 5.41) is 3.46. The number of anilines is 1. The molecule has 0 unspecified atom stereocenters. The summed E-state index contributed by atoms with van der Waals surface area (Å²) in [6.07, 6.45) is 3.96. The SMILES string of the molecule is CN(CCN1CCCC1)Cc1ccc2c(c1)NCC2. The minimum Gasteiger partial charge on any atom is -0.384 e. The number of benzene rings is 1. The lowest BCUT2D eigenvalue weighted by molar-refractivity contribution is 0.252. The second-order valence-corrected chi connectivity index (χ2v) is 5.95. The summed E-state index contributed by atoms with van der Waals surface area (Å²) >= 11 is 0. The third kappa shape index (κ3) is 3.28. The summed E-state index contributed by atoms with van der Waals surface area (Å²) in [6, 6.07) is 6.91. The van der Waals surface area contributed by atoms with E-state index in [2.05, 4.69) is 40.4 Å². The lowest BCUT2D eigenvalue weighted by atomic mass is 10.1. The predicted molar refractivity (Wildman–Crippen MR) is 80.6 cm³/mol. The van der Waals surface area contributed by atoms with E-state index in [9.17, 15) is 0 Å². The first kappa shape index (κ1) is 12.9. The molecule has 1 aromatic rings. The molecule has 2 heterocycles. The average molecular weight is 259 g/mol. The maximum atomic E-state index is 3.46. The molecule has 0 aromatic heterocycles. The monoisotopic (exact) mass is 259 g/mol. The van der Waals surface area contributed by atoms with Crippen molar-refractivity contribution in [2.45, 2.75) is 25.8 Å². The standard InChI is InChI=1S/C16H25N3/c1-18(10-11-19-8-2-3-9-19)13-14-4-5-15-6-7-17-16(15)12-14/h4-5,12,17H,2-3,6-11,13H2,1H3. The van der Waals surface area contributed by atoms with E-state index in [0.717, 1.165) is 13.1 Å². The summed E-state index contributed by atoms with van der Waals surface area (Å²) in [5.74, 6) is 0. The van der Waals surface area contributed by atoms with Crippen LogP contribution in [0, 0.1) is 0 Å². The number of hydrogen-bond donors (Lipinski definition) is 1. The van der Waals surface area contributed by atoms with Gasteiger partial charge in [-0.1, -0.05) is 12.1 Å². The van der Waals surface area contributed by atoms with Crippen molar-refractivity contribution in [1.82, 2.24) is 9.80 Å². The van der Waals surface area contributed by atoms with Gasteiger partial charge in [-0.05, 0) is 56.6 Å². The van der Waals surface area contributed by atoms with Gasteiger partial charge in [-0.3, -0.25) is 0 Å². The zero-order chi connectivity index (χ0) is 13.1. The van der Waals surface area contributed by atoms with Crippen LogP contribution in [0.1, 0.15) is 24.0 Å². The maximum Gasteiger partial charge on any atom is 0.0376 e. The van der Waals surface area contributed by atoms with Crippen molar-refractivity contribution in [3.63, 3.8) is 0 Å². The van der Waals surface area contributed by atoms with Gasteiger partial charge in [-0.2, -0.15) is 0 Å².